The Balaban J connectivity index is 1.63. The number of aliphatic hydroxyl groups is 1. The van der Waals surface area contributed by atoms with Crippen LogP contribution in [0.1, 0.15) is 5.56 Å². The van der Waals surface area contributed by atoms with Gasteiger partial charge in [0.1, 0.15) is 11.8 Å². The summed E-state index contributed by atoms with van der Waals surface area (Å²) in [5, 5.41) is 11.7. The highest BCUT2D eigenvalue weighted by Gasteiger charge is 2.29. The van der Waals surface area contributed by atoms with Gasteiger partial charge in [-0.3, -0.25) is 9.59 Å². The molecule has 188 valence electrons. The Morgan fingerprint density at radius 2 is 1.57 bits per heavy atom. The minimum absolute atomic E-state index is 0.281. The van der Waals surface area contributed by atoms with E-state index in [-0.39, 0.29) is 13.1 Å². The summed E-state index contributed by atoms with van der Waals surface area (Å²) in [4.78, 5) is 28.3. The molecule has 1 atom stereocenters. The molecule has 0 spiro atoms. The maximum Gasteiger partial charge on any atom is 0.247 e. The third-order valence-electron chi connectivity index (χ3n) is 5.46. The average Bonchev–Trinajstić information content (AvgIpc) is 2.89. The molecule has 1 saturated heterocycles. The van der Waals surface area contributed by atoms with E-state index in [2.05, 4.69) is 5.32 Å². The fourth-order valence-electron chi connectivity index (χ4n) is 3.61. The number of hydrogen-bond donors (Lipinski definition) is 2. The fourth-order valence-corrected chi connectivity index (χ4v) is 3.61. The first-order chi connectivity index (χ1) is 16.7. The van der Waals surface area contributed by atoms with Gasteiger partial charge in [-0.05, 0) is 18.2 Å². The number of amides is 2. The summed E-state index contributed by atoms with van der Waals surface area (Å²) in [6.07, 6.45) is 0.907. The second-order valence-electron chi connectivity index (χ2n) is 7.54. The lowest BCUT2D eigenvalue weighted by molar-refractivity contribution is -0.137. The van der Waals surface area contributed by atoms with E-state index < -0.39 is 59.1 Å². The number of benzene rings is 2. The molecule has 0 bridgehead atoms. The van der Waals surface area contributed by atoms with Gasteiger partial charge in [0, 0.05) is 32.3 Å². The molecule has 0 aliphatic carbocycles. The van der Waals surface area contributed by atoms with E-state index in [1.807, 2.05) is 29.2 Å². The maximum atomic E-state index is 13.7. The zero-order valence-electron chi connectivity index (χ0n) is 18.5. The van der Waals surface area contributed by atoms with Gasteiger partial charge in [-0.25, -0.2) is 22.0 Å². The Bertz CT molecular complexity index is 1110. The Hall–Kier alpha value is -3.67. The van der Waals surface area contributed by atoms with Crippen LogP contribution in [-0.2, 0) is 9.59 Å². The highest BCUT2D eigenvalue weighted by molar-refractivity contribution is 5.95. The van der Waals surface area contributed by atoms with Gasteiger partial charge in [0.15, 0.2) is 23.3 Å². The van der Waals surface area contributed by atoms with Crippen LogP contribution in [0.4, 0.5) is 27.6 Å². The molecule has 12 heteroatoms. The van der Waals surface area contributed by atoms with Gasteiger partial charge in [-0.15, -0.1) is 0 Å². The van der Waals surface area contributed by atoms with E-state index in [1.165, 1.54) is 4.90 Å². The van der Waals surface area contributed by atoms with Crippen molar-refractivity contribution in [1.82, 2.24) is 10.2 Å². The van der Waals surface area contributed by atoms with Gasteiger partial charge < -0.3 is 25.0 Å². The second kappa shape index (κ2) is 11.2. The molecular weight excluding hydrogens is 477 g/mol. The first-order valence-electron chi connectivity index (χ1n) is 10.5. The SMILES string of the molecule is COc1ccccc1N1CCN(C(=O)C(CO)NC(=O)C=Cc2c(F)c(F)c(F)c(F)c2F)CC1. The van der Waals surface area contributed by atoms with E-state index in [0.717, 1.165) is 5.69 Å². The average molecular weight is 499 g/mol. The molecule has 1 aliphatic heterocycles. The number of ether oxygens (including phenoxy) is 1. The molecule has 35 heavy (non-hydrogen) atoms. The summed E-state index contributed by atoms with van der Waals surface area (Å²) in [6, 6.07) is 6.00. The lowest BCUT2D eigenvalue weighted by Crippen LogP contribution is -2.56. The van der Waals surface area contributed by atoms with Crippen molar-refractivity contribution in [3.63, 3.8) is 0 Å². The number of nitrogens with zero attached hydrogens (tertiary/aromatic N) is 2. The van der Waals surface area contributed by atoms with Crippen LogP contribution in [0.3, 0.4) is 0 Å². The topological polar surface area (TPSA) is 82.1 Å². The Morgan fingerprint density at radius 1 is 1.00 bits per heavy atom. The number of halogens is 5. The number of piperazine rings is 1. The van der Waals surface area contributed by atoms with E-state index in [9.17, 15) is 36.6 Å². The van der Waals surface area contributed by atoms with Crippen LogP contribution in [0.15, 0.2) is 30.3 Å². The smallest absolute Gasteiger partial charge is 0.247 e. The van der Waals surface area contributed by atoms with Crippen LogP contribution in [0.5, 0.6) is 5.75 Å². The van der Waals surface area contributed by atoms with Gasteiger partial charge in [0.2, 0.25) is 17.6 Å². The Kier molecular flexibility index (Phi) is 8.28. The monoisotopic (exact) mass is 499 g/mol. The van der Waals surface area contributed by atoms with E-state index in [1.54, 1.807) is 7.11 Å². The molecule has 1 unspecified atom stereocenters. The van der Waals surface area contributed by atoms with Gasteiger partial charge in [0.05, 0.1) is 25.0 Å². The number of aliphatic hydroxyl groups excluding tert-OH is 1. The highest BCUT2D eigenvalue weighted by Crippen LogP contribution is 2.28. The first-order valence-corrected chi connectivity index (χ1v) is 10.5. The number of carbonyl (C=O) groups excluding carboxylic acids is 2. The van der Waals surface area contributed by atoms with Crippen molar-refractivity contribution < 1.29 is 41.4 Å². The quantitative estimate of drug-likeness (QED) is 0.264. The minimum Gasteiger partial charge on any atom is -0.495 e. The third kappa shape index (κ3) is 5.53. The molecule has 2 amide bonds. The lowest BCUT2D eigenvalue weighted by atomic mass is 10.1. The van der Waals surface area contributed by atoms with Gasteiger partial charge >= 0.3 is 0 Å². The highest BCUT2D eigenvalue weighted by atomic mass is 19.2. The number of anilines is 1. The molecule has 3 rings (SSSR count). The zero-order valence-corrected chi connectivity index (χ0v) is 18.5. The normalized spacial score (nSPS) is 14.8. The minimum atomic E-state index is -2.32. The van der Waals surface area contributed by atoms with Crippen LogP contribution in [0.25, 0.3) is 6.08 Å². The van der Waals surface area contributed by atoms with Gasteiger partial charge in [-0.2, -0.15) is 0 Å². The molecule has 2 N–H and O–H groups in total. The van der Waals surface area contributed by atoms with Crippen LogP contribution in [-0.4, -0.2) is 67.8 Å². The molecular formula is C23H22F5N3O4. The van der Waals surface area contributed by atoms with Crippen LogP contribution >= 0.6 is 0 Å². The van der Waals surface area contributed by atoms with Crippen molar-refractivity contribution in [2.24, 2.45) is 0 Å². The first kappa shape index (κ1) is 25.9. The van der Waals surface area contributed by atoms with Crippen LogP contribution in [0, 0.1) is 29.1 Å². The number of nitrogens with one attached hydrogen (secondary N) is 1. The summed E-state index contributed by atoms with van der Waals surface area (Å²) in [7, 11) is 1.55. The molecule has 0 radical (unpaired) electrons. The summed E-state index contributed by atoms with van der Waals surface area (Å²) in [5.74, 6) is -11.8. The zero-order chi connectivity index (χ0) is 25.7. The number of para-hydroxylation sites is 2. The van der Waals surface area contributed by atoms with Crippen molar-refractivity contribution in [3.05, 3.63) is 65.0 Å². The number of methoxy groups -OCH3 is 1. The summed E-state index contributed by atoms with van der Waals surface area (Å²) in [6.45, 7) is 0.706. The molecule has 0 aromatic heterocycles. The Morgan fingerprint density at radius 3 is 2.14 bits per heavy atom. The molecule has 1 aliphatic rings. The van der Waals surface area contributed by atoms with E-state index >= 15 is 0 Å². The van der Waals surface area contributed by atoms with Gasteiger partial charge in [0.25, 0.3) is 0 Å². The molecule has 2 aromatic rings. The predicted molar refractivity (Wildman–Crippen MR) is 116 cm³/mol. The standard InChI is InChI=1S/C23H22F5N3O4/c1-35-16-5-3-2-4-15(16)30-8-10-31(11-9-30)23(34)14(12-32)29-17(33)7-6-13-18(24)20(26)22(28)21(27)19(13)25/h2-7,14,32H,8-12H2,1H3,(H,29,33). The van der Waals surface area contributed by atoms with Crippen LogP contribution < -0.4 is 15.0 Å². The van der Waals surface area contributed by atoms with E-state index in [4.69, 9.17) is 4.74 Å². The second-order valence-corrected chi connectivity index (χ2v) is 7.54. The summed E-state index contributed by atoms with van der Waals surface area (Å²) >= 11 is 0. The van der Waals surface area contributed by atoms with Crippen molar-refractivity contribution in [2.45, 2.75) is 6.04 Å². The van der Waals surface area contributed by atoms with Gasteiger partial charge in [-0.1, -0.05) is 12.1 Å². The Labute approximate surface area is 197 Å². The fraction of sp³-hybridized carbons (Fsp3) is 0.304. The van der Waals surface area contributed by atoms with Crippen molar-refractivity contribution >= 4 is 23.6 Å². The maximum absolute atomic E-state index is 13.7. The van der Waals surface area contributed by atoms with Crippen molar-refractivity contribution in [2.75, 3.05) is 44.8 Å². The summed E-state index contributed by atoms with van der Waals surface area (Å²) < 4.78 is 72.5. The largest absolute Gasteiger partial charge is 0.495 e. The van der Waals surface area contributed by atoms with Crippen molar-refractivity contribution in [3.8, 4) is 5.75 Å². The van der Waals surface area contributed by atoms with E-state index in [0.29, 0.717) is 31.0 Å². The number of carbonyl (C=O) groups is 2. The molecule has 1 fully saturated rings. The lowest BCUT2D eigenvalue weighted by Gasteiger charge is -2.37. The predicted octanol–water partition coefficient (Wildman–Crippen LogP) is 2.23. The molecule has 0 saturated carbocycles. The third-order valence-corrected chi connectivity index (χ3v) is 5.46. The molecule has 1 heterocycles. The number of hydrogen-bond acceptors (Lipinski definition) is 5. The summed E-state index contributed by atoms with van der Waals surface area (Å²) in [5.41, 5.74) is -0.455. The van der Waals surface area contributed by atoms with Crippen molar-refractivity contribution in [1.29, 1.82) is 0 Å². The van der Waals surface area contributed by atoms with Crippen LogP contribution in [0.2, 0.25) is 0 Å². The number of rotatable bonds is 7. The molecule has 2 aromatic carbocycles. The molecule has 7 nitrogen and oxygen atoms in total.